The molecule has 0 unspecified atom stereocenters. The standard InChI is InChI=1S/C15H11N7O4S3/c1-7-18-19-13(28-7)16-11(23)6-27-15-21-20-14(29-15)17-12(24)8-5-10(26-22-8)9-3-2-4-25-9/h2-5H,6H2,1H3,(H,16,19,23)(H,17,20,24). The lowest BCUT2D eigenvalue weighted by molar-refractivity contribution is -0.113. The van der Waals surface area contributed by atoms with Crippen LogP contribution in [-0.2, 0) is 4.79 Å². The molecule has 0 aliphatic rings. The molecule has 11 nitrogen and oxygen atoms in total. The van der Waals surface area contributed by atoms with E-state index in [1.807, 2.05) is 0 Å². The fourth-order valence-corrected chi connectivity index (χ4v) is 4.18. The highest BCUT2D eigenvalue weighted by atomic mass is 32.2. The number of hydrogen-bond donors (Lipinski definition) is 2. The molecule has 148 valence electrons. The number of thioether (sulfide) groups is 1. The molecule has 4 aromatic rings. The average Bonchev–Trinajstić information content (AvgIpc) is 3.47. The van der Waals surface area contributed by atoms with Crippen LogP contribution in [0.25, 0.3) is 11.5 Å². The minimum absolute atomic E-state index is 0.0764. The van der Waals surface area contributed by atoms with Crippen molar-refractivity contribution in [2.75, 3.05) is 16.4 Å². The minimum atomic E-state index is -0.497. The summed E-state index contributed by atoms with van der Waals surface area (Å²) in [7, 11) is 0. The number of amides is 2. The molecule has 4 rings (SSSR count). The predicted molar refractivity (Wildman–Crippen MR) is 106 cm³/mol. The van der Waals surface area contributed by atoms with Crippen LogP contribution in [0, 0.1) is 6.92 Å². The van der Waals surface area contributed by atoms with Crippen LogP contribution in [0.15, 0.2) is 37.7 Å². The van der Waals surface area contributed by atoms with E-state index < -0.39 is 5.91 Å². The molecule has 0 aromatic carbocycles. The van der Waals surface area contributed by atoms with E-state index in [2.05, 4.69) is 36.2 Å². The van der Waals surface area contributed by atoms with Gasteiger partial charge in [-0.2, -0.15) is 0 Å². The summed E-state index contributed by atoms with van der Waals surface area (Å²) in [6.45, 7) is 1.80. The van der Waals surface area contributed by atoms with Crippen molar-refractivity contribution in [2.24, 2.45) is 0 Å². The maximum atomic E-state index is 12.3. The fourth-order valence-electron chi connectivity index (χ4n) is 2.03. The van der Waals surface area contributed by atoms with Crippen molar-refractivity contribution in [3.8, 4) is 11.5 Å². The normalized spacial score (nSPS) is 10.8. The number of anilines is 2. The Kier molecular flexibility index (Phi) is 5.64. The van der Waals surface area contributed by atoms with E-state index in [0.29, 0.717) is 21.0 Å². The first-order chi connectivity index (χ1) is 14.1. The molecule has 0 saturated heterocycles. The lowest BCUT2D eigenvalue weighted by Gasteiger charge is -1.98. The van der Waals surface area contributed by atoms with Gasteiger partial charge in [-0.1, -0.05) is 39.6 Å². The smallest absolute Gasteiger partial charge is 0.279 e. The Balaban J connectivity index is 1.29. The monoisotopic (exact) mass is 449 g/mol. The zero-order valence-corrected chi connectivity index (χ0v) is 17.1. The number of nitrogens with one attached hydrogen (secondary N) is 2. The summed E-state index contributed by atoms with van der Waals surface area (Å²) in [5, 5.41) is 25.9. The summed E-state index contributed by atoms with van der Waals surface area (Å²) >= 11 is 3.62. The van der Waals surface area contributed by atoms with Gasteiger partial charge in [0.1, 0.15) is 5.01 Å². The molecule has 29 heavy (non-hydrogen) atoms. The quantitative estimate of drug-likeness (QED) is 0.318. The van der Waals surface area contributed by atoms with Crippen LogP contribution in [0.4, 0.5) is 10.3 Å². The SMILES string of the molecule is Cc1nnc(NC(=O)CSc2nnc(NC(=O)c3cc(-c4ccco4)on3)s2)s1. The van der Waals surface area contributed by atoms with Gasteiger partial charge in [0.15, 0.2) is 15.8 Å². The molecule has 0 atom stereocenters. The summed E-state index contributed by atoms with van der Waals surface area (Å²) in [5.74, 6) is 0.193. The zero-order valence-electron chi connectivity index (χ0n) is 14.6. The Morgan fingerprint density at radius 1 is 1.10 bits per heavy atom. The number of nitrogens with zero attached hydrogens (tertiary/aromatic N) is 5. The number of carbonyl (C=O) groups excluding carboxylic acids is 2. The topological polar surface area (TPSA) is 149 Å². The summed E-state index contributed by atoms with van der Waals surface area (Å²) in [6, 6.07) is 4.86. The molecular formula is C15H11N7O4S3. The minimum Gasteiger partial charge on any atom is -0.461 e. The van der Waals surface area contributed by atoms with Crippen LogP contribution >= 0.6 is 34.4 Å². The fraction of sp³-hybridized carbons (Fsp3) is 0.133. The van der Waals surface area contributed by atoms with Crippen molar-refractivity contribution in [2.45, 2.75) is 11.3 Å². The second-order valence-corrected chi connectivity index (χ2v) is 8.73. The number of aromatic nitrogens is 5. The first kappa shape index (κ1) is 19.2. The maximum Gasteiger partial charge on any atom is 0.279 e. The number of aryl methyl sites for hydroxylation is 1. The van der Waals surface area contributed by atoms with Gasteiger partial charge in [0.25, 0.3) is 5.91 Å². The lowest BCUT2D eigenvalue weighted by atomic mass is 10.3. The van der Waals surface area contributed by atoms with Crippen LogP contribution in [0.3, 0.4) is 0 Å². The molecule has 0 bridgehead atoms. The van der Waals surface area contributed by atoms with Crippen molar-refractivity contribution in [1.29, 1.82) is 0 Å². The van der Waals surface area contributed by atoms with Crippen molar-refractivity contribution in [3.63, 3.8) is 0 Å². The summed E-state index contributed by atoms with van der Waals surface area (Å²) in [4.78, 5) is 24.2. The van der Waals surface area contributed by atoms with Crippen molar-refractivity contribution in [3.05, 3.63) is 35.2 Å². The maximum absolute atomic E-state index is 12.3. The van der Waals surface area contributed by atoms with Gasteiger partial charge in [-0.3, -0.25) is 20.2 Å². The highest BCUT2D eigenvalue weighted by Gasteiger charge is 2.17. The zero-order chi connectivity index (χ0) is 20.2. The number of carbonyl (C=O) groups is 2. The van der Waals surface area contributed by atoms with Gasteiger partial charge in [-0.15, -0.1) is 20.4 Å². The highest BCUT2D eigenvalue weighted by molar-refractivity contribution is 8.01. The second kappa shape index (κ2) is 8.50. The van der Waals surface area contributed by atoms with Gasteiger partial charge >= 0.3 is 0 Å². The van der Waals surface area contributed by atoms with Crippen molar-refractivity contribution in [1.82, 2.24) is 25.6 Å². The van der Waals surface area contributed by atoms with Crippen LogP contribution in [0.2, 0.25) is 0 Å². The van der Waals surface area contributed by atoms with E-state index in [1.54, 1.807) is 19.1 Å². The Labute approximate surface area is 174 Å². The summed E-state index contributed by atoms with van der Waals surface area (Å²) < 4.78 is 10.8. The van der Waals surface area contributed by atoms with Gasteiger partial charge in [0.2, 0.25) is 21.9 Å². The predicted octanol–water partition coefficient (Wildman–Crippen LogP) is 2.93. The van der Waals surface area contributed by atoms with Crippen LogP contribution in [0.1, 0.15) is 15.5 Å². The largest absolute Gasteiger partial charge is 0.461 e. The van der Waals surface area contributed by atoms with Crippen molar-refractivity contribution < 1.29 is 18.5 Å². The van der Waals surface area contributed by atoms with Gasteiger partial charge < -0.3 is 8.94 Å². The number of hydrogen-bond acceptors (Lipinski definition) is 12. The molecule has 0 fully saturated rings. The lowest BCUT2D eigenvalue weighted by Crippen LogP contribution is -2.13. The molecular weight excluding hydrogens is 438 g/mol. The third kappa shape index (κ3) is 4.85. The molecule has 4 aromatic heterocycles. The Hall–Kier alpha value is -3.10. The van der Waals surface area contributed by atoms with Gasteiger partial charge in [0, 0.05) is 6.07 Å². The van der Waals surface area contributed by atoms with Crippen LogP contribution in [0.5, 0.6) is 0 Å². The second-order valence-electron chi connectivity index (χ2n) is 5.34. The van der Waals surface area contributed by atoms with Crippen LogP contribution in [-0.4, -0.2) is 43.1 Å². The molecule has 0 radical (unpaired) electrons. The van der Waals surface area contributed by atoms with Gasteiger partial charge in [-0.25, -0.2) is 0 Å². The van der Waals surface area contributed by atoms with E-state index in [4.69, 9.17) is 8.94 Å². The Morgan fingerprint density at radius 2 is 1.93 bits per heavy atom. The van der Waals surface area contributed by atoms with E-state index in [9.17, 15) is 9.59 Å². The highest BCUT2D eigenvalue weighted by Crippen LogP contribution is 2.26. The van der Waals surface area contributed by atoms with Crippen LogP contribution < -0.4 is 10.6 Å². The summed E-state index contributed by atoms with van der Waals surface area (Å²) in [5.41, 5.74) is 0.0764. The first-order valence-corrected chi connectivity index (χ1v) is 10.6. The van der Waals surface area contributed by atoms with E-state index >= 15 is 0 Å². The molecule has 0 saturated carbocycles. The van der Waals surface area contributed by atoms with E-state index in [-0.39, 0.29) is 22.5 Å². The number of rotatable bonds is 7. The number of furan rings is 1. The van der Waals surface area contributed by atoms with E-state index in [0.717, 1.165) is 16.3 Å². The third-order valence-corrected chi connectivity index (χ3v) is 5.96. The molecule has 0 aliphatic heterocycles. The molecule has 0 spiro atoms. The molecule has 0 aliphatic carbocycles. The summed E-state index contributed by atoms with van der Waals surface area (Å²) in [6.07, 6.45) is 1.49. The Bertz CT molecular complexity index is 1130. The van der Waals surface area contributed by atoms with Crippen molar-refractivity contribution >= 4 is 56.5 Å². The molecule has 2 N–H and O–H groups in total. The Morgan fingerprint density at radius 3 is 2.69 bits per heavy atom. The third-order valence-electron chi connectivity index (χ3n) is 3.23. The first-order valence-electron chi connectivity index (χ1n) is 7.95. The van der Waals surface area contributed by atoms with Gasteiger partial charge in [0.05, 0.1) is 12.0 Å². The van der Waals surface area contributed by atoms with Gasteiger partial charge in [-0.05, 0) is 19.1 Å². The van der Waals surface area contributed by atoms with E-state index in [1.165, 1.54) is 35.4 Å². The average molecular weight is 449 g/mol. The molecule has 2 amide bonds. The molecule has 14 heteroatoms. The molecule has 4 heterocycles.